The minimum atomic E-state index is -0.169. The van der Waals surface area contributed by atoms with Crippen molar-refractivity contribution in [1.82, 2.24) is 4.90 Å². The molecule has 1 fully saturated rings. The van der Waals surface area contributed by atoms with Crippen LogP contribution in [0.4, 0.5) is 0 Å². The number of hydrogen-bond acceptors (Lipinski definition) is 5. The van der Waals surface area contributed by atoms with Crippen LogP contribution in [0.3, 0.4) is 0 Å². The molecule has 25 heavy (non-hydrogen) atoms. The molecule has 0 aromatic heterocycles. The Morgan fingerprint density at radius 1 is 1.32 bits per heavy atom. The topological polar surface area (TPSA) is 49.8 Å². The lowest BCUT2D eigenvalue weighted by atomic mass is 10.1. The van der Waals surface area contributed by atoms with E-state index in [1.807, 2.05) is 30.3 Å². The minimum absolute atomic E-state index is 0.0148. The van der Waals surface area contributed by atoms with Crippen LogP contribution >= 0.6 is 39.9 Å². The molecule has 0 saturated carbocycles. The number of thioether (sulfide) groups is 1. The molecule has 0 unspecified atom stereocenters. The normalized spacial score (nSPS) is 15.9. The van der Waals surface area contributed by atoms with E-state index in [0.717, 1.165) is 10.0 Å². The summed E-state index contributed by atoms with van der Waals surface area (Å²) in [5.41, 5.74) is 1.50. The van der Waals surface area contributed by atoms with Crippen LogP contribution in [0.15, 0.2) is 51.8 Å². The van der Waals surface area contributed by atoms with Gasteiger partial charge in [0, 0.05) is 10.0 Å². The van der Waals surface area contributed by atoms with E-state index in [2.05, 4.69) is 15.9 Å². The van der Waals surface area contributed by atoms with E-state index in [-0.39, 0.29) is 11.7 Å². The van der Waals surface area contributed by atoms with Gasteiger partial charge in [0.05, 0.1) is 18.6 Å². The molecule has 0 aliphatic carbocycles. The predicted octanol–water partition coefficient (Wildman–Crippen LogP) is 4.56. The van der Waals surface area contributed by atoms with E-state index in [0.29, 0.717) is 27.1 Å². The molecule has 128 valence electrons. The zero-order valence-electron chi connectivity index (χ0n) is 13.2. The molecule has 0 bridgehead atoms. The van der Waals surface area contributed by atoms with E-state index < -0.39 is 0 Å². The first-order valence-corrected chi connectivity index (χ1v) is 9.37. The summed E-state index contributed by atoms with van der Waals surface area (Å²) in [6.45, 7) is 0.427. The molecule has 2 aromatic carbocycles. The van der Waals surface area contributed by atoms with Crippen molar-refractivity contribution in [3.8, 4) is 11.5 Å². The monoisotopic (exact) mass is 435 g/mol. The fourth-order valence-electron chi connectivity index (χ4n) is 2.40. The number of methoxy groups -OCH3 is 1. The predicted molar refractivity (Wildman–Crippen MR) is 108 cm³/mol. The van der Waals surface area contributed by atoms with E-state index >= 15 is 0 Å². The molecule has 0 atom stereocenters. The molecule has 0 radical (unpaired) electrons. The van der Waals surface area contributed by atoms with Gasteiger partial charge < -0.3 is 9.84 Å². The molecule has 1 aliphatic heterocycles. The first-order valence-electron chi connectivity index (χ1n) is 7.35. The van der Waals surface area contributed by atoms with Gasteiger partial charge in [-0.1, -0.05) is 70.2 Å². The molecule has 7 heteroatoms. The Morgan fingerprint density at radius 2 is 2.04 bits per heavy atom. The van der Waals surface area contributed by atoms with E-state index in [9.17, 15) is 9.90 Å². The van der Waals surface area contributed by atoms with Crippen molar-refractivity contribution in [2.75, 3.05) is 7.11 Å². The first kappa shape index (κ1) is 18.0. The molecule has 2 aromatic rings. The van der Waals surface area contributed by atoms with Gasteiger partial charge in [-0.05, 0) is 23.8 Å². The van der Waals surface area contributed by atoms with E-state index in [4.69, 9.17) is 17.0 Å². The summed E-state index contributed by atoms with van der Waals surface area (Å²) in [6, 6.07) is 13.1. The fraction of sp³-hybridized carbons (Fsp3) is 0.111. The van der Waals surface area contributed by atoms with E-state index in [1.54, 1.807) is 23.1 Å². The Bertz CT molecular complexity index is 868. The number of aromatic hydroxyl groups is 1. The maximum atomic E-state index is 12.7. The molecule has 1 saturated heterocycles. The number of amides is 1. The summed E-state index contributed by atoms with van der Waals surface area (Å²) in [7, 11) is 1.48. The maximum absolute atomic E-state index is 12.7. The Kier molecular flexibility index (Phi) is 5.46. The average Bonchev–Trinajstić information content (AvgIpc) is 2.86. The van der Waals surface area contributed by atoms with Crippen LogP contribution in [0.5, 0.6) is 11.5 Å². The zero-order chi connectivity index (χ0) is 18.0. The van der Waals surface area contributed by atoms with Gasteiger partial charge in [0.15, 0.2) is 11.5 Å². The Hall–Kier alpha value is -1.83. The van der Waals surface area contributed by atoms with Crippen molar-refractivity contribution in [2.45, 2.75) is 6.54 Å². The standard InChI is InChI=1S/C18H14BrNO3S2/c1-23-14-9-13(19)7-12(16(14)21)8-15-17(22)20(18(24)25-15)10-11-5-3-2-4-6-11/h2-9,21H,10H2,1H3. The maximum Gasteiger partial charge on any atom is 0.266 e. The minimum Gasteiger partial charge on any atom is -0.504 e. The largest absolute Gasteiger partial charge is 0.504 e. The average molecular weight is 436 g/mol. The van der Waals surface area contributed by atoms with E-state index in [1.165, 1.54) is 18.9 Å². The number of halogens is 1. The fourth-order valence-corrected chi connectivity index (χ4v) is 4.10. The number of ether oxygens (including phenoxy) is 1. The number of benzene rings is 2. The second kappa shape index (κ2) is 7.59. The van der Waals surface area contributed by atoms with Gasteiger partial charge in [0.1, 0.15) is 4.32 Å². The number of phenols is 1. The quantitative estimate of drug-likeness (QED) is 0.563. The number of carbonyl (C=O) groups is 1. The van der Waals surface area contributed by atoms with Gasteiger partial charge in [-0.15, -0.1) is 0 Å². The van der Waals surface area contributed by atoms with Crippen molar-refractivity contribution in [3.63, 3.8) is 0 Å². The summed E-state index contributed by atoms with van der Waals surface area (Å²) < 4.78 is 6.39. The number of nitrogens with zero attached hydrogens (tertiary/aromatic N) is 1. The summed E-state index contributed by atoms with van der Waals surface area (Å²) in [5.74, 6) is 0.150. The Balaban J connectivity index is 1.89. The second-order valence-electron chi connectivity index (χ2n) is 5.30. The van der Waals surface area contributed by atoms with Gasteiger partial charge in [0.25, 0.3) is 5.91 Å². The molecule has 1 amide bonds. The van der Waals surface area contributed by atoms with Crippen molar-refractivity contribution in [1.29, 1.82) is 0 Å². The van der Waals surface area contributed by atoms with Gasteiger partial charge in [-0.3, -0.25) is 9.69 Å². The number of carbonyl (C=O) groups excluding carboxylic acids is 1. The lowest BCUT2D eigenvalue weighted by Gasteiger charge is -2.14. The first-order chi connectivity index (χ1) is 12.0. The second-order valence-corrected chi connectivity index (χ2v) is 7.89. The highest BCUT2D eigenvalue weighted by molar-refractivity contribution is 9.10. The molecular formula is C18H14BrNO3S2. The summed E-state index contributed by atoms with van der Waals surface area (Å²) in [5, 5.41) is 10.3. The van der Waals surface area contributed by atoms with Crippen LogP contribution in [-0.2, 0) is 11.3 Å². The molecule has 0 spiro atoms. The van der Waals surface area contributed by atoms with Crippen LogP contribution in [0, 0.1) is 0 Å². The third-order valence-electron chi connectivity index (χ3n) is 3.63. The number of rotatable bonds is 4. The molecule has 1 N–H and O–H groups in total. The van der Waals surface area contributed by atoms with Crippen molar-refractivity contribution >= 4 is 56.2 Å². The van der Waals surface area contributed by atoms with Gasteiger partial charge in [-0.25, -0.2) is 0 Å². The van der Waals surface area contributed by atoms with Crippen LogP contribution in [-0.4, -0.2) is 27.3 Å². The zero-order valence-corrected chi connectivity index (χ0v) is 16.5. The van der Waals surface area contributed by atoms with Crippen LogP contribution < -0.4 is 4.74 Å². The van der Waals surface area contributed by atoms with Crippen LogP contribution in [0.2, 0.25) is 0 Å². The lowest BCUT2D eigenvalue weighted by Crippen LogP contribution is -2.27. The summed E-state index contributed by atoms with van der Waals surface area (Å²) >= 11 is 9.95. The van der Waals surface area contributed by atoms with Crippen molar-refractivity contribution in [3.05, 3.63) is 63.0 Å². The third-order valence-corrected chi connectivity index (χ3v) is 5.47. The van der Waals surface area contributed by atoms with Gasteiger partial charge in [0.2, 0.25) is 0 Å². The van der Waals surface area contributed by atoms with Gasteiger partial charge >= 0.3 is 0 Å². The number of thiocarbonyl (C=S) groups is 1. The number of hydrogen-bond donors (Lipinski definition) is 1. The third kappa shape index (κ3) is 3.89. The van der Waals surface area contributed by atoms with Gasteiger partial charge in [-0.2, -0.15) is 0 Å². The molecule has 4 nitrogen and oxygen atoms in total. The molecular weight excluding hydrogens is 422 g/mol. The highest BCUT2D eigenvalue weighted by Crippen LogP contribution is 2.39. The smallest absolute Gasteiger partial charge is 0.266 e. The summed E-state index contributed by atoms with van der Waals surface area (Å²) in [4.78, 5) is 14.7. The van der Waals surface area contributed by atoms with Crippen molar-refractivity contribution < 1.29 is 14.6 Å². The highest BCUT2D eigenvalue weighted by Gasteiger charge is 2.32. The van der Waals surface area contributed by atoms with Crippen LogP contribution in [0.1, 0.15) is 11.1 Å². The Labute approximate surface area is 163 Å². The number of phenolic OH excluding ortho intramolecular Hbond substituents is 1. The highest BCUT2D eigenvalue weighted by atomic mass is 79.9. The summed E-state index contributed by atoms with van der Waals surface area (Å²) in [6.07, 6.45) is 1.63. The molecule has 1 aliphatic rings. The molecule has 3 rings (SSSR count). The SMILES string of the molecule is COc1cc(Br)cc(C=C2SC(=S)N(Cc3ccccc3)C2=O)c1O. The molecule has 1 heterocycles. The Morgan fingerprint density at radius 3 is 2.72 bits per heavy atom. The lowest BCUT2D eigenvalue weighted by molar-refractivity contribution is -0.122. The van der Waals surface area contributed by atoms with Crippen molar-refractivity contribution in [2.24, 2.45) is 0 Å². The van der Waals surface area contributed by atoms with Crippen LogP contribution in [0.25, 0.3) is 6.08 Å².